The summed E-state index contributed by atoms with van der Waals surface area (Å²) in [6.07, 6.45) is 8.18. The lowest BCUT2D eigenvalue weighted by atomic mass is 10.1. The van der Waals surface area contributed by atoms with Gasteiger partial charge in [0, 0.05) is 37.9 Å². The van der Waals surface area contributed by atoms with Gasteiger partial charge in [-0.25, -0.2) is 4.79 Å². The van der Waals surface area contributed by atoms with Gasteiger partial charge in [0.05, 0.1) is 12.7 Å². The third-order valence-corrected chi connectivity index (χ3v) is 4.52. The maximum absolute atomic E-state index is 12.4. The van der Waals surface area contributed by atoms with Gasteiger partial charge in [-0.05, 0) is 32.2 Å². The second kappa shape index (κ2) is 6.96. The molecule has 120 valence electrons. The SMILES string of the molecule is Cn1ncc2c1CCCN(C(=O)NCCC1=CCNCC1)C2. The Labute approximate surface area is 131 Å². The lowest BCUT2D eigenvalue weighted by Gasteiger charge is -2.21. The Hall–Kier alpha value is -1.82. The van der Waals surface area contributed by atoms with Crippen LogP contribution in [0.15, 0.2) is 17.8 Å². The summed E-state index contributed by atoms with van der Waals surface area (Å²) in [6, 6.07) is 0.0474. The van der Waals surface area contributed by atoms with E-state index in [1.807, 2.05) is 22.8 Å². The highest BCUT2D eigenvalue weighted by Crippen LogP contribution is 2.17. The molecule has 2 amide bonds. The molecule has 1 aromatic rings. The van der Waals surface area contributed by atoms with Crippen molar-refractivity contribution in [3.05, 3.63) is 29.1 Å². The number of fused-ring (bicyclic) bond motifs is 1. The summed E-state index contributed by atoms with van der Waals surface area (Å²) in [5.41, 5.74) is 3.89. The molecule has 0 saturated heterocycles. The normalized spacial score (nSPS) is 18.4. The average Bonchev–Trinajstić information content (AvgIpc) is 2.75. The molecular formula is C16H25N5O. The number of carbonyl (C=O) groups is 1. The Balaban J connectivity index is 1.50. The van der Waals surface area contributed by atoms with Gasteiger partial charge < -0.3 is 15.5 Å². The average molecular weight is 303 g/mol. The summed E-state index contributed by atoms with van der Waals surface area (Å²) >= 11 is 0. The summed E-state index contributed by atoms with van der Waals surface area (Å²) in [4.78, 5) is 14.3. The monoisotopic (exact) mass is 303 g/mol. The van der Waals surface area contributed by atoms with Crippen molar-refractivity contribution < 1.29 is 4.79 Å². The van der Waals surface area contributed by atoms with Crippen molar-refractivity contribution in [2.45, 2.75) is 32.2 Å². The lowest BCUT2D eigenvalue weighted by molar-refractivity contribution is 0.196. The number of nitrogens with one attached hydrogen (secondary N) is 2. The molecule has 0 spiro atoms. The number of carbonyl (C=O) groups excluding carboxylic acids is 1. The molecule has 1 aromatic heterocycles. The molecule has 3 heterocycles. The maximum atomic E-state index is 12.4. The Morgan fingerprint density at radius 1 is 1.45 bits per heavy atom. The van der Waals surface area contributed by atoms with Crippen molar-refractivity contribution in [2.75, 3.05) is 26.2 Å². The van der Waals surface area contributed by atoms with Gasteiger partial charge in [-0.3, -0.25) is 4.68 Å². The number of rotatable bonds is 3. The van der Waals surface area contributed by atoms with E-state index in [0.29, 0.717) is 6.54 Å². The molecule has 22 heavy (non-hydrogen) atoms. The van der Waals surface area contributed by atoms with E-state index in [-0.39, 0.29) is 6.03 Å². The van der Waals surface area contributed by atoms with Crippen molar-refractivity contribution in [3.63, 3.8) is 0 Å². The molecule has 0 bridgehead atoms. The van der Waals surface area contributed by atoms with Crippen LogP contribution in [0.1, 0.15) is 30.5 Å². The number of nitrogens with zero attached hydrogens (tertiary/aromatic N) is 3. The number of aromatic nitrogens is 2. The first kappa shape index (κ1) is 15.1. The number of urea groups is 1. The Morgan fingerprint density at radius 3 is 3.18 bits per heavy atom. The van der Waals surface area contributed by atoms with E-state index in [1.54, 1.807) is 0 Å². The van der Waals surface area contributed by atoms with Gasteiger partial charge in [0.1, 0.15) is 0 Å². The number of hydrogen-bond acceptors (Lipinski definition) is 3. The molecule has 0 fully saturated rings. The molecule has 0 atom stereocenters. The number of aryl methyl sites for hydroxylation is 1. The summed E-state index contributed by atoms with van der Waals surface area (Å²) in [6.45, 7) is 4.21. The molecule has 3 rings (SSSR count). The van der Waals surface area contributed by atoms with Gasteiger partial charge in [-0.15, -0.1) is 0 Å². The number of amides is 2. The highest BCUT2D eigenvalue weighted by atomic mass is 16.2. The fraction of sp³-hybridized carbons (Fsp3) is 0.625. The van der Waals surface area contributed by atoms with Crippen LogP contribution < -0.4 is 10.6 Å². The first-order valence-corrected chi connectivity index (χ1v) is 8.15. The van der Waals surface area contributed by atoms with E-state index in [2.05, 4.69) is 21.8 Å². The van der Waals surface area contributed by atoms with E-state index < -0.39 is 0 Å². The number of hydrogen-bond donors (Lipinski definition) is 2. The van der Waals surface area contributed by atoms with Gasteiger partial charge in [0.15, 0.2) is 0 Å². The molecule has 2 aliphatic heterocycles. The summed E-state index contributed by atoms with van der Waals surface area (Å²) < 4.78 is 1.93. The van der Waals surface area contributed by atoms with Crippen molar-refractivity contribution >= 4 is 6.03 Å². The zero-order valence-electron chi connectivity index (χ0n) is 13.3. The predicted octanol–water partition coefficient (Wildman–Crippen LogP) is 1.19. The highest BCUT2D eigenvalue weighted by molar-refractivity contribution is 5.74. The standard InChI is InChI=1S/C16H25N5O/c1-20-15-3-2-10-21(12-14(15)11-19-20)16(22)18-9-6-13-4-7-17-8-5-13/h4,11,17H,2-3,5-10,12H2,1H3,(H,18,22). The smallest absolute Gasteiger partial charge is 0.317 e. The second-order valence-electron chi connectivity index (χ2n) is 6.06. The Kier molecular flexibility index (Phi) is 4.77. The highest BCUT2D eigenvalue weighted by Gasteiger charge is 2.21. The van der Waals surface area contributed by atoms with Crippen molar-refractivity contribution in [2.24, 2.45) is 7.05 Å². The zero-order valence-corrected chi connectivity index (χ0v) is 13.3. The minimum atomic E-state index is 0.0474. The molecule has 0 saturated carbocycles. The van der Waals surface area contributed by atoms with Crippen LogP contribution in [0.3, 0.4) is 0 Å². The second-order valence-corrected chi connectivity index (χ2v) is 6.06. The molecule has 2 N–H and O–H groups in total. The Bertz CT molecular complexity index is 563. The molecule has 6 heteroatoms. The largest absolute Gasteiger partial charge is 0.338 e. The fourth-order valence-electron chi connectivity index (χ4n) is 3.20. The molecule has 2 aliphatic rings. The molecule has 0 aliphatic carbocycles. The van der Waals surface area contributed by atoms with Crippen LogP contribution in [0, 0.1) is 0 Å². The van der Waals surface area contributed by atoms with Crippen LogP contribution in [0.2, 0.25) is 0 Å². The molecule has 0 radical (unpaired) electrons. The Morgan fingerprint density at radius 2 is 2.36 bits per heavy atom. The van der Waals surface area contributed by atoms with E-state index in [0.717, 1.165) is 51.9 Å². The van der Waals surface area contributed by atoms with Crippen LogP contribution in [-0.2, 0) is 20.0 Å². The molecule has 6 nitrogen and oxygen atoms in total. The van der Waals surface area contributed by atoms with E-state index >= 15 is 0 Å². The van der Waals surface area contributed by atoms with Crippen molar-refractivity contribution in [1.82, 2.24) is 25.3 Å². The molecule has 0 aromatic carbocycles. The van der Waals surface area contributed by atoms with Crippen LogP contribution in [0.25, 0.3) is 0 Å². The lowest BCUT2D eigenvalue weighted by Crippen LogP contribution is -2.40. The minimum Gasteiger partial charge on any atom is -0.338 e. The summed E-state index contributed by atoms with van der Waals surface area (Å²) in [5.74, 6) is 0. The summed E-state index contributed by atoms with van der Waals surface area (Å²) in [5, 5.41) is 10.7. The van der Waals surface area contributed by atoms with Crippen molar-refractivity contribution in [1.29, 1.82) is 0 Å². The minimum absolute atomic E-state index is 0.0474. The van der Waals surface area contributed by atoms with Gasteiger partial charge in [0.2, 0.25) is 0 Å². The first-order valence-electron chi connectivity index (χ1n) is 8.15. The van der Waals surface area contributed by atoms with Crippen LogP contribution in [0.5, 0.6) is 0 Å². The van der Waals surface area contributed by atoms with E-state index in [4.69, 9.17) is 0 Å². The topological polar surface area (TPSA) is 62.2 Å². The third kappa shape index (κ3) is 3.50. The van der Waals surface area contributed by atoms with Gasteiger partial charge >= 0.3 is 6.03 Å². The maximum Gasteiger partial charge on any atom is 0.317 e. The van der Waals surface area contributed by atoms with Crippen LogP contribution in [0.4, 0.5) is 4.79 Å². The molecule has 0 unspecified atom stereocenters. The predicted molar refractivity (Wildman–Crippen MR) is 85.5 cm³/mol. The zero-order chi connectivity index (χ0) is 15.4. The van der Waals surface area contributed by atoms with Crippen LogP contribution >= 0.6 is 0 Å². The molecular weight excluding hydrogens is 278 g/mol. The van der Waals surface area contributed by atoms with E-state index in [1.165, 1.54) is 16.8 Å². The fourth-order valence-corrected chi connectivity index (χ4v) is 3.20. The first-order chi connectivity index (χ1) is 10.7. The van der Waals surface area contributed by atoms with Gasteiger partial charge in [-0.2, -0.15) is 5.10 Å². The van der Waals surface area contributed by atoms with Gasteiger partial charge in [0.25, 0.3) is 0 Å². The van der Waals surface area contributed by atoms with Gasteiger partial charge in [-0.1, -0.05) is 11.6 Å². The van der Waals surface area contributed by atoms with E-state index in [9.17, 15) is 4.79 Å². The summed E-state index contributed by atoms with van der Waals surface area (Å²) in [7, 11) is 1.97. The van der Waals surface area contributed by atoms with Crippen molar-refractivity contribution in [3.8, 4) is 0 Å². The van der Waals surface area contributed by atoms with Crippen LogP contribution in [-0.4, -0.2) is 46.9 Å². The third-order valence-electron chi connectivity index (χ3n) is 4.52. The quantitative estimate of drug-likeness (QED) is 0.825.